The first-order valence-electron chi connectivity index (χ1n) is 2.85. The average molecular weight is 146 g/mol. The number of hydrogen-bond acceptors (Lipinski definition) is 4. The normalized spacial score (nSPS) is 12.2. The summed E-state index contributed by atoms with van der Waals surface area (Å²) in [4.78, 5) is 20.3. The zero-order valence-electron chi connectivity index (χ0n) is 5.99. The van der Waals surface area contributed by atoms with Crippen molar-refractivity contribution in [3.05, 3.63) is 0 Å². The van der Waals surface area contributed by atoms with Crippen molar-refractivity contribution in [1.29, 1.82) is 0 Å². The fourth-order valence-electron chi connectivity index (χ4n) is 0.330. The molecule has 1 unspecified atom stereocenters. The summed E-state index contributed by atoms with van der Waals surface area (Å²) in [5.41, 5.74) is 0. The van der Waals surface area contributed by atoms with E-state index in [1.165, 1.54) is 7.11 Å². The second-order valence-electron chi connectivity index (χ2n) is 1.67. The van der Waals surface area contributed by atoms with Crippen LogP contribution in [0.1, 0.15) is 6.92 Å². The summed E-state index contributed by atoms with van der Waals surface area (Å²) in [5.74, 6) is -0.519. The molecule has 0 bridgehead atoms. The summed E-state index contributed by atoms with van der Waals surface area (Å²) in [6.07, 6.45) is -0.0831. The molecule has 0 aliphatic heterocycles. The zero-order chi connectivity index (χ0) is 7.98. The molecule has 0 radical (unpaired) electrons. The number of ether oxygens (including phenoxy) is 2. The minimum atomic E-state index is -0.597. The molecule has 0 aliphatic rings. The molecule has 0 fully saturated rings. The maximum Gasteiger partial charge on any atom is 0.335 e. The largest absolute Gasteiger partial charge is 0.456 e. The van der Waals surface area contributed by atoms with Crippen LogP contribution in [0.2, 0.25) is 0 Å². The molecule has 10 heavy (non-hydrogen) atoms. The van der Waals surface area contributed by atoms with Crippen LogP contribution in [0.5, 0.6) is 0 Å². The molecule has 0 amide bonds. The molecule has 0 N–H and O–H groups in total. The third kappa shape index (κ3) is 3.19. The third-order valence-electron chi connectivity index (χ3n) is 0.979. The molecule has 4 nitrogen and oxygen atoms in total. The number of aldehydes is 1. The lowest BCUT2D eigenvalue weighted by Crippen LogP contribution is -2.22. The van der Waals surface area contributed by atoms with Crippen molar-refractivity contribution in [1.82, 2.24) is 0 Å². The first-order chi connectivity index (χ1) is 4.72. The van der Waals surface area contributed by atoms with Crippen molar-refractivity contribution in [2.45, 2.75) is 13.0 Å². The Kier molecular flexibility index (Phi) is 4.49. The fraction of sp³-hybridized carbons (Fsp3) is 0.667. The Labute approximate surface area is 59.1 Å². The van der Waals surface area contributed by atoms with Crippen LogP contribution in [0.25, 0.3) is 0 Å². The van der Waals surface area contributed by atoms with Crippen LogP contribution < -0.4 is 0 Å². The molecule has 0 saturated carbocycles. The van der Waals surface area contributed by atoms with Gasteiger partial charge in [0, 0.05) is 7.11 Å². The Morgan fingerprint density at radius 3 is 2.70 bits per heavy atom. The van der Waals surface area contributed by atoms with Gasteiger partial charge in [0.15, 0.2) is 12.4 Å². The van der Waals surface area contributed by atoms with Gasteiger partial charge in [-0.1, -0.05) is 0 Å². The molecule has 0 spiro atoms. The summed E-state index contributed by atoms with van der Waals surface area (Å²) in [7, 11) is 1.40. The van der Waals surface area contributed by atoms with E-state index in [1.54, 1.807) is 6.92 Å². The third-order valence-corrected chi connectivity index (χ3v) is 0.979. The van der Waals surface area contributed by atoms with E-state index >= 15 is 0 Å². The monoisotopic (exact) mass is 146 g/mol. The van der Waals surface area contributed by atoms with E-state index in [1.807, 2.05) is 0 Å². The van der Waals surface area contributed by atoms with Crippen LogP contribution in [0.4, 0.5) is 0 Å². The highest BCUT2D eigenvalue weighted by molar-refractivity contribution is 5.75. The van der Waals surface area contributed by atoms with Crippen molar-refractivity contribution in [2.24, 2.45) is 0 Å². The van der Waals surface area contributed by atoms with E-state index in [-0.39, 0.29) is 6.61 Å². The van der Waals surface area contributed by atoms with Crippen molar-refractivity contribution in [3.8, 4) is 0 Å². The molecule has 1 atom stereocenters. The van der Waals surface area contributed by atoms with Crippen LogP contribution in [-0.2, 0) is 19.1 Å². The fourth-order valence-corrected chi connectivity index (χ4v) is 0.330. The van der Waals surface area contributed by atoms with E-state index in [2.05, 4.69) is 9.47 Å². The molecular formula is C6H10O4. The molecule has 4 heteroatoms. The highest BCUT2D eigenvalue weighted by Crippen LogP contribution is 1.90. The number of esters is 1. The van der Waals surface area contributed by atoms with Crippen molar-refractivity contribution < 1.29 is 19.1 Å². The van der Waals surface area contributed by atoms with Crippen LogP contribution in [0.3, 0.4) is 0 Å². The van der Waals surface area contributed by atoms with Crippen molar-refractivity contribution in [2.75, 3.05) is 13.7 Å². The SMILES string of the molecule is COC(C)C(=O)OCC=O. The lowest BCUT2D eigenvalue weighted by molar-refractivity contribution is -0.155. The lowest BCUT2D eigenvalue weighted by atomic mass is 10.4. The van der Waals surface area contributed by atoms with Gasteiger partial charge in [-0.25, -0.2) is 4.79 Å². The highest BCUT2D eigenvalue weighted by atomic mass is 16.6. The maximum atomic E-state index is 10.6. The minimum absolute atomic E-state index is 0.202. The molecule has 0 aromatic heterocycles. The number of carbonyl (C=O) groups is 2. The van der Waals surface area contributed by atoms with E-state index < -0.39 is 12.1 Å². The van der Waals surface area contributed by atoms with Crippen LogP contribution in [0, 0.1) is 0 Å². The van der Waals surface area contributed by atoms with E-state index in [9.17, 15) is 9.59 Å². The molecular weight excluding hydrogens is 136 g/mol. The summed E-state index contributed by atoms with van der Waals surface area (Å²) in [5, 5.41) is 0. The number of methoxy groups -OCH3 is 1. The van der Waals surface area contributed by atoms with Crippen LogP contribution >= 0.6 is 0 Å². The van der Waals surface area contributed by atoms with Gasteiger partial charge in [0.25, 0.3) is 0 Å². The molecule has 0 saturated heterocycles. The van der Waals surface area contributed by atoms with Crippen LogP contribution in [-0.4, -0.2) is 32.1 Å². The second-order valence-corrected chi connectivity index (χ2v) is 1.67. The van der Waals surface area contributed by atoms with Crippen molar-refractivity contribution >= 4 is 12.3 Å². The predicted octanol–water partition coefficient (Wildman–Crippen LogP) is -0.237. The van der Waals surface area contributed by atoms with Gasteiger partial charge >= 0.3 is 5.97 Å². The topological polar surface area (TPSA) is 52.6 Å². The number of carbonyl (C=O) groups excluding carboxylic acids is 2. The van der Waals surface area contributed by atoms with Crippen molar-refractivity contribution in [3.63, 3.8) is 0 Å². The van der Waals surface area contributed by atoms with Gasteiger partial charge in [0.05, 0.1) is 0 Å². The minimum Gasteiger partial charge on any atom is -0.456 e. The standard InChI is InChI=1S/C6H10O4/c1-5(9-2)6(8)10-4-3-7/h3,5H,4H2,1-2H3. The Bertz CT molecular complexity index is 121. The van der Waals surface area contributed by atoms with Gasteiger partial charge in [-0.3, -0.25) is 4.79 Å². The first-order valence-corrected chi connectivity index (χ1v) is 2.85. The zero-order valence-corrected chi connectivity index (χ0v) is 5.99. The van der Waals surface area contributed by atoms with Gasteiger partial charge in [-0.05, 0) is 6.92 Å². The second kappa shape index (κ2) is 4.93. The van der Waals surface area contributed by atoms with E-state index in [0.717, 1.165) is 0 Å². The van der Waals surface area contributed by atoms with Crippen LogP contribution in [0.15, 0.2) is 0 Å². The summed E-state index contributed by atoms with van der Waals surface area (Å²) in [6.45, 7) is 1.35. The molecule has 0 heterocycles. The van der Waals surface area contributed by atoms with Gasteiger partial charge < -0.3 is 9.47 Å². The Morgan fingerprint density at radius 2 is 2.30 bits per heavy atom. The molecule has 0 rings (SSSR count). The van der Waals surface area contributed by atoms with Gasteiger partial charge in [0.2, 0.25) is 0 Å². The Balaban J connectivity index is 3.51. The predicted molar refractivity (Wildman–Crippen MR) is 33.5 cm³/mol. The molecule has 58 valence electrons. The molecule has 0 aromatic rings. The summed E-state index contributed by atoms with van der Waals surface area (Å²) < 4.78 is 9.03. The quantitative estimate of drug-likeness (QED) is 0.406. The molecule has 0 aromatic carbocycles. The van der Waals surface area contributed by atoms with E-state index in [4.69, 9.17) is 0 Å². The summed E-state index contributed by atoms with van der Waals surface area (Å²) >= 11 is 0. The van der Waals surface area contributed by atoms with Gasteiger partial charge in [0.1, 0.15) is 6.61 Å². The molecule has 0 aliphatic carbocycles. The Morgan fingerprint density at radius 1 is 1.70 bits per heavy atom. The lowest BCUT2D eigenvalue weighted by Gasteiger charge is -2.06. The van der Waals surface area contributed by atoms with E-state index in [0.29, 0.717) is 6.29 Å². The number of hydrogen-bond donors (Lipinski definition) is 0. The Hall–Kier alpha value is -0.900. The smallest absolute Gasteiger partial charge is 0.335 e. The summed E-state index contributed by atoms with van der Waals surface area (Å²) in [6, 6.07) is 0. The highest BCUT2D eigenvalue weighted by Gasteiger charge is 2.11. The maximum absolute atomic E-state index is 10.6. The van der Waals surface area contributed by atoms with Gasteiger partial charge in [-0.2, -0.15) is 0 Å². The first kappa shape index (κ1) is 9.10. The number of rotatable bonds is 4. The van der Waals surface area contributed by atoms with Gasteiger partial charge in [-0.15, -0.1) is 0 Å². The average Bonchev–Trinajstić information content (AvgIpc) is 1.98.